The van der Waals surface area contributed by atoms with E-state index in [-0.39, 0.29) is 5.43 Å². The molecule has 1 aliphatic rings. The Hall–Kier alpha value is -4.22. The van der Waals surface area contributed by atoms with Crippen LogP contribution in [0.1, 0.15) is 16.7 Å². The summed E-state index contributed by atoms with van der Waals surface area (Å²) in [4.78, 5) is 20.1. The summed E-state index contributed by atoms with van der Waals surface area (Å²) in [5.74, 6) is 0.729. The number of pyridine rings is 2. The number of anilines is 2. The predicted octanol–water partition coefficient (Wildman–Crippen LogP) is 5.65. The van der Waals surface area contributed by atoms with Gasteiger partial charge in [0.05, 0.1) is 10.9 Å². The number of rotatable bonds is 5. The van der Waals surface area contributed by atoms with Crippen LogP contribution in [0.3, 0.4) is 0 Å². The highest BCUT2D eigenvalue weighted by molar-refractivity contribution is 5.86. The molecule has 3 heterocycles. The summed E-state index contributed by atoms with van der Waals surface area (Å²) in [6.45, 7) is 2.49. The Kier molecular flexibility index (Phi) is 5.17. The smallest absolute Gasteiger partial charge is 0.193 e. The first kappa shape index (κ1) is 20.4. The Bertz CT molecular complexity index is 1500. The summed E-state index contributed by atoms with van der Waals surface area (Å²) in [6, 6.07) is 30.3. The average Bonchev–Trinajstić information content (AvgIpc) is 3.28. The van der Waals surface area contributed by atoms with Gasteiger partial charge in [0.2, 0.25) is 0 Å². The normalized spacial score (nSPS) is 13.2. The first-order valence-corrected chi connectivity index (χ1v) is 11.5. The van der Waals surface area contributed by atoms with Gasteiger partial charge in [-0.3, -0.25) is 19.2 Å². The molecule has 2 aromatic heterocycles. The molecule has 5 heteroatoms. The zero-order valence-electron chi connectivity index (χ0n) is 18.7. The molecule has 5 aromatic rings. The molecule has 1 N–H and O–H groups in total. The average molecular weight is 445 g/mol. The van der Waals surface area contributed by atoms with Crippen molar-refractivity contribution in [1.82, 2.24) is 14.5 Å². The third-order valence-corrected chi connectivity index (χ3v) is 6.35. The maximum atomic E-state index is 13.2. The van der Waals surface area contributed by atoms with Gasteiger partial charge in [-0.25, -0.2) is 0 Å². The van der Waals surface area contributed by atoms with Crippen molar-refractivity contribution in [2.24, 2.45) is 0 Å². The number of fused-ring (bicyclic) bond motifs is 2. The molecule has 1 aliphatic heterocycles. The second kappa shape index (κ2) is 8.61. The summed E-state index contributed by atoms with van der Waals surface area (Å²) in [6.07, 6.45) is 3.59. The van der Waals surface area contributed by atoms with Gasteiger partial charge in [-0.15, -0.1) is 0 Å². The second-order valence-electron chi connectivity index (χ2n) is 8.66. The van der Waals surface area contributed by atoms with Crippen molar-refractivity contribution >= 4 is 22.4 Å². The Morgan fingerprint density at radius 2 is 1.44 bits per heavy atom. The fourth-order valence-corrected chi connectivity index (χ4v) is 4.81. The van der Waals surface area contributed by atoms with Gasteiger partial charge in [0, 0.05) is 55.0 Å². The van der Waals surface area contributed by atoms with Crippen LogP contribution < -0.4 is 10.7 Å². The third kappa shape index (κ3) is 3.76. The molecule has 3 aromatic carbocycles. The Labute approximate surface area is 197 Å². The van der Waals surface area contributed by atoms with E-state index in [1.54, 1.807) is 12.3 Å². The van der Waals surface area contributed by atoms with Crippen LogP contribution in [0, 0.1) is 0 Å². The van der Waals surface area contributed by atoms with Crippen molar-refractivity contribution in [2.45, 2.75) is 19.6 Å². The van der Waals surface area contributed by atoms with Crippen molar-refractivity contribution in [2.75, 3.05) is 5.32 Å². The van der Waals surface area contributed by atoms with E-state index in [1.807, 2.05) is 54.7 Å². The molecule has 6 rings (SSSR count). The molecule has 0 spiro atoms. The molecule has 0 amide bonds. The molecule has 0 radical (unpaired) electrons. The van der Waals surface area contributed by atoms with Crippen LogP contribution in [-0.2, 0) is 19.6 Å². The minimum Gasteiger partial charge on any atom is -0.341 e. The number of benzene rings is 3. The minimum absolute atomic E-state index is 0.0420. The molecule has 0 atom stereocenters. The van der Waals surface area contributed by atoms with Gasteiger partial charge in [0.15, 0.2) is 5.43 Å². The number of aromatic nitrogens is 2. The third-order valence-electron chi connectivity index (χ3n) is 6.35. The predicted molar refractivity (Wildman–Crippen MR) is 136 cm³/mol. The zero-order chi connectivity index (χ0) is 22.9. The van der Waals surface area contributed by atoms with Crippen LogP contribution in [0.2, 0.25) is 0 Å². The van der Waals surface area contributed by atoms with Crippen molar-refractivity contribution in [1.29, 1.82) is 0 Å². The molecule has 0 saturated carbocycles. The van der Waals surface area contributed by atoms with Gasteiger partial charge in [0.1, 0.15) is 5.82 Å². The SMILES string of the molecule is O=c1cc(Nc2ccccc2)n(-c2ccccc2)c2c(CN3Cc4ccccc4C3)cncc12. The van der Waals surface area contributed by atoms with Gasteiger partial charge < -0.3 is 5.32 Å². The number of hydrogen-bond acceptors (Lipinski definition) is 4. The summed E-state index contributed by atoms with van der Waals surface area (Å²) in [5.41, 5.74) is 6.52. The molecule has 0 saturated heterocycles. The Morgan fingerprint density at radius 1 is 0.794 bits per heavy atom. The molecule has 5 nitrogen and oxygen atoms in total. The number of para-hydroxylation sites is 2. The van der Waals surface area contributed by atoms with Crippen molar-refractivity contribution in [3.8, 4) is 5.69 Å². The quantitative estimate of drug-likeness (QED) is 0.381. The zero-order valence-corrected chi connectivity index (χ0v) is 18.7. The monoisotopic (exact) mass is 444 g/mol. The topological polar surface area (TPSA) is 50.2 Å². The largest absolute Gasteiger partial charge is 0.341 e. The van der Waals surface area contributed by atoms with Crippen LogP contribution in [0.5, 0.6) is 0 Å². The summed E-state index contributed by atoms with van der Waals surface area (Å²) in [7, 11) is 0. The van der Waals surface area contributed by atoms with E-state index in [2.05, 4.69) is 56.2 Å². The summed E-state index contributed by atoms with van der Waals surface area (Å²) >= 11 is 0. The van der Waals surface area contributed by atoms with Gasteiger partial charge in [-0.05, 0) is 35.4 Å². The van der Waals surface area contributed by atoms with Gasteiger partial charge in [-0.2, -0.15) is 0 Å². The van der Waals surface area contributed by atoms with Crippen LogP contribution in [0.4, 0.5) is 11.5 Å². The van der Waals surface area contributed by atoms with E-state index in [0.29, 0.717) is 11.9 Å². The molecule has 0 unspecified atom stereocenters. The molecule has 166 valence electrons. The van der Waals surface area contributed by atoms with Gasteiger partial charge in [-0.1, -0.05) is 60.7 Å². The van der Waals surface area contributed by atoms with Crippen LogP contribution >= 0.6 is 0 Å². The number of hydrogen-bond donors (Lipinski definition) is 1. The highest BCUT2D eigenvalue weighted by Gasteiger charge is 2.21. The lowest BCUT2D eigenvalue weighted by molar-refractivity contribution is 0.276. The lowest BCUT2D eigenvalue weighted by Crippen LogP contribution is -2.19. The number of nitrogens with zero attached hydrogens (tertiary/aromatic N) is 3. The number of nitrogens with one attached hydrogen (secondary N) is 1. The highest BCUT2D eigenvalue weighted by atomic mass is 16.1. The van der Waals surface area contributed by atoms with Crippen LogP contribution in [-0.4, -0.2) is 14.5 Å². The highest BCUT2D eigenvalue weighted by Crippen LogP contribution is 2.30. The molecule has 34 heavy (non-hydrogen) atoms. The lowest BCUT2D eigenvalue weighted by Gasteiger charge is -2.22. The van der Waals surface area contributed by atoms with Crippen molar-refractivity contribution in [3.05, 3.63) is 130 Å². The minimum atomic E-state index is -0.0420. The van der Waals surface area contributed by atoms with E-state index < -0.39 is 0 Å². The summed E-state index contributed by atoms with van der Waals surface area (Å²) < 4.78 is 2.14. The van der Waals surface area contributed by atoms with E-state index in [0.717, 1.165) is 41.4 Å². The fourth-order valence-electron chi connectivity index (χ4n) is 4.81. The van der Waals surface area contributed by atoms with Gasteiger partial charge in [0.25, 0.3) is 0 Å². The first-order chi connectivity index (χ1) is 16.8. The Balaban J connectivity index is 1.52. The van der Waals surface area contributed by atoms with Crippen LogP contribution in [0.15, 0.2) is 108 Å². The van der Waals surface area contributed by atoms with E-state index in [1.165, 1.54) is 11.1 Å². The lowest BCUT2D eigenvalue weighted by atomic mass is 10.1. The van der Waals surface area contributed by atoms with E-state index in [4.69, 9.17) is 0 Å². The van der Waals surface area contributed by atoms with Gasteiger partial charge >= 0.3 is 0 Å². The van der Waals surface area contributed by atoms with E-state index >= 15 is 0 Å². The molecule has 0 bridgehead atoms. The molecule has 0 fully saturated rings. The molecule has 0 aliphatic carbocycles. The second-order valence-corrected chi connectivity index (χ2v) is 8.66. The van der Waals surface area contributed by atoms with Crippen LogP contribution in [0.25, 0.3) is 16.6 Å². The molecular weight excluding hydrogens is 420 g/mol. The maximum absolute atomic E-state index is 13.2. The first-order valence-electron chi connectivity index (χ1n) is 11.5. The Morgan fingerprint density at radius 3 is 2.15 bits per heavy atom. The fraction of sp³-hybridized carbons (Fsp3) is 0.103. The van der Waals surface area contributed by atoms with Crippen molar-refractivity contribution < 1.29 is 0 Å². The maximum Gasteiger partial charge on any atom is 0.193 e. The molecular formula is C29H24N4O. The van der Waals surface area contributed by atoms with Crippen molar-refractivity contribution in [3.63, 3.8) is 0 Å². The summed E-state index contributed by atoms with van der Waals surface area (Å²) in [5, 5.41) is 4.09. The standard InChI is InChI=1S/C29H24N4O/c34-27-15-28(31-24-11-3-1-4-12-24)33(25-13-5-2-6-14-25)29-23(16-30-17-26(27)29)20-32-18-21-9-7-8-10-22(21)19-32/h1-17,31H,18-20H2. The van der Waals surface area contributed by atoms with E-state index in [9.17, 15) is 4.79 Å².